The highest BCUT2D eigenvalue weighted by Gasteiger charge is 2.31. The number of alkyl halides is 3. The maximum absolute atomic E-state index is 13.3. The van der Waals surface area contributed by atoms with Crippen molar-refractivity contribution >= 4 is 27.3 Å². The van der Waals surface area contributed by atoms with Gasteiger partial charge in [-0.3, -0.25) is 9.10 Å². The van der Waals surface area contributed by atoms with Crippen LogP contribution >= 0.6 is 0 Å². The van der Waals surface area contributed by atoms with E-state index in [1.165, 1.54) is 55.6 Å². The maximum atomic E-state index is 13.3. The Balaban J connectivity index is 1.81. The Labute approximate surface area is 188 Å². The summed E-state index contributed by atoms with van der Waals surface area (Å²) in [6, 6.07) is 18.2. The van der Waals surface area contributed by atoms with Gasteiger partial charge in [0.25, 0.3) is 10.0 Å². The summed E-state index contributed by atoms with van der Waals surface area (Å²) in [6.45, 7) is -0.570. The van der Waals surface area contributed by atoms with E-state index in [-0.39, 0.29) is 16.3 Å². The van der Waals surface area contributed by atoms with Crippen LogP contribution in [0.1, 0.15) is 0 Å². The van der Waals surface area contributed by atoms with Crippen LogP contribution in [0.2, 0.25) is 0 Å². The van der Waals surface area contributed by atoms with E-state index in [1.54, 1.807) is 18.2 Å². The normalized spacial score (nSPS) is 11.5. The van der Waals surface area contributed by atoms with Gasteiger partial charge in [-0.15, -0.1) is 13.2 Å². The zero-order valence-corrected chi connectivity index (χ0v) is 18.1. The summed E-state index contributed by atoms with van der Waals surface area (Å²) in [6.07, 6.45) is -4.84. The van der Waals surface area contributed by atoms with Crippen molar-refractivity contribution in [3.05, 3.63) is 78.9 Å². The minimum Gasteiger partial charge on any atom is -0.497 e. The van der Waals surface area contributed by atoms with Crippen molar-refractivity contribution in [3.8, 4) is 11.5 Å². The monoisotopic (exact) mass is 480 g/mol. The lowest BCUT2D eigenvalue weighted by molar-refractivity contribution is -0.274. The van der Waals surface area contributed by atoms with Crippen molar-refractivity contribution < 1.29 is 35.9 Å². The highest BCUT2D eigenvalue weighted by atomic mass is 32.2. The van der Waals surface area contributed by atoms with Crippen molar-refractivity contribution in [3.63, 3.8) is 0 Å². The standard InChI is InChI=1S/C22H19F3N2O5S/c1-31-18-11-13-20(14-12-18)33(29,30)27(17-5-3-2-4-6-17)15-21(28)26-16-7-9-19(10-8-16)32-22(23,24)25/h2-14H,15H2,1H3,(H,26,28). The Kier molecular flexibility index (Phi) is 7.12. The van der Waals surface area contributed by atoms with E-state index >= 15 is 0 Å². The third kappa shape index (κ3) is 6.39. The predicted octanol–water partition coefficient (Wildman–Crippen LogP) is 4.43. The second-order valence-electron chi connectivity index (χ2n) is 6.64. The molecular weight excluding hydrogens is 461 g/mol. The number of rotatable bonds is 8. The van der Waals surface area contributed by atoms with E-state index < -0.39 is 34.6 Å². The van der Waals surface area contributed by atoms with Gasteiger partial charge in [0.15, 0.2) is 0 Å². The second-order valence-corrected chi connectivity index (χ2v) is 8.51. The third-order valence-electron chi connectivity index (χ3n) is 4.35. The first-order chi connectivity index (χ1) is 15.6. The minimum atomic E-state index is -4.84. The van der Waals surface area contributed by atoms with Crippen LogP contribution < -0.4 is 19.1 Å². The Hall–Kier alpha value is -3.73. The first-order valence-corrected chi connectivity index (χ1v) is 10.9. The van der Waals surface area contributed by atoms with Crippen molar-refractivity contribution in [1.82, 2.24) is 0 Å². The number of carbonyl (C=O) groups is 1. The number of nitrogens with zero attached hydrogens (tertiary/aromatic N) is 1. The van der Waals surface area contributed by atoms with Gasteiger partial charge in [-0.25, -0.2) is 8.42 Å². The number of anilines is 2. The molecule has 1 amide bonds. The van der Waals surface area contributed by atoms with E-state index in [2.05, 4.69) is 10.1 Å². The molecule has 3 aromatic rings. The molecule has 0 aliphatic rings. The topological polar surface area (TPSA) is 84.9 Å². The SMILES string of the molecule is COc1ccc(S(=O)(=O)N(CC(=O)Nc2ccc(OC(F)(F)F)cc2)c2ccccc2)cc1. The molecule has 174 valence electrons. The van der Waals surface area contributed by atoms with Gasteiger partial charge in [-0.05, 0) is 60.7 Å². The summed E-state index contributed by atoms with van der Waals surface area (Å²) >= 11 is 0. The lowest BCUT2D eigenvalue weighted by Crippen LogP contribution is -2.38. The molecule has 0 saturated carbocycles. The van der Waals surface area contributed by atoms with Crippen LogP contribution in [0.3, 0.4) is 0 Å². The number of halogens is 3. The molecule has 11 heteroatoms. The largest absolute Gasteiger partial charge is 0.573 e. The zero-order valence-electron chi connectivity index (χ0n) is 17.2. The highest BCUT2D eigenvalue weighted by Crippen LogP contribution is 2.26. The van der Waals surface area contributed by atoms with Crippen LogP contribution in [0.25, 0.3) is 0 Å². The van der Waals surface area contributed by atoms with Crippen LogP contribution in [-0.4, -0.2) is 34.3 Å². The molecule has 33 heavy (non-hydrogen) atoms. The Morgan fingerprint density at radius 2 is 1.48 bits per heavy atom. The molecule has 0 atom stereocenters. The van der Waals surface area contributed by atoms with Crippen molar-refractivity contribution in [2.45, 2.75) is 11.3 Å². The fourth-order valence-corrected chi connectivity index (χ4v) is 4.28. The molecule has 0 fully saturated rings. The maximum Gasteiger partial charge on any atom is 0.573 e. The summed E-state index contributed by atoms with van der Waals surface area (Å²) in [5.41, 5.74) is 0.432. The smallest absolute Gasteiger partial charge is 0.497 e. The number of benzene rings is 3. The number of para-hydroxylation sites is 1. The van der Waals surface area contributed by atoms with Crippen LogP contribution in [-0.2, 0) is 14.8 Å². The molecule has 0 saturated heterocycles. The molecule has 0 bridgehead atoms. The fraction of sp³-hybridized carbons (Fsp3) is 0.136. The van der Waals surface area contributed by atoms with Crippen LogP contribution in [0.15, 0.2) is 83.8 Å². The lowest BCUT2D eigenvalue weighted by Gasteiger charge is -2.24. The number of amides is 1. The van der Waals surface area contributed by atoms with Crippen LogP contribution in [0.5, 0.6) is 11.5 Å². The molecular formula is C22H19F3N2O5S. The van der Waals surface area contributed by atoms with E-state index in [0.717, 1.165) is 16.4 Å². The van der Waals surface area contributed by atoms with E-state index in [4.69, 9.17) is 4.74 Å². The Bertz CT molecular complexity index is 1180. The number of hydrogen-bond acceptors (Lipinski definition) is 5. The third-order valence-corrected chi connectivity index (χ3v) is 6.14. The van der Waals surface area contributed by atoms with E-state index in [0.29, 0.717) is 5.75 Å². The van der Waals surface area contributed by atoms with E-state index in [1.807, 2.05) is 0 Å². The second kappa shape index (κ2) is 9.82. The molecule has 3 aromatic carbocycles. The number of nitrogens with one attached hydrogen (secondary N) is 1. The van der Waals surface area contributed by atoms with Gasteiger partial charge in [-0.1, -0.05) is 18.2 Å². The molecule has 0 unspecified atom stereocenters. The number of hydrogen-bond donors (Lipinski definition) is 1. The molecule has 0 aliphatic carbocycles. The summed E-state index contributed by atoms with van der Waals surface area (Å²) in [5.74, 6) is -0.676. The van der Waals surface area contributed by atoms with Gasteiger partial charge < -0.3 is 14.8 Å². The van der Waals surface area contributed by atoms with Crippen molar-refractivity contribution in [1.29, 1.82) is 0 Å². The average molecular weight is 480 g/mol. The van der Waals surface area contributed by atoms with Crippen LogP contribution in [0, 0.1) is 0 Å². The molecule has 0 radical (unpaired) electrons. The average Bonchev–Trinajstić information content (AvgIpc) is 2.78. The van der Waals surface area contributed by atoms with Gasteiger partial charge in [0, 0.05) is 5.69 Å². The summed E-state index contributed by atoms with van der Waals surface area (Å²) in [4.78, 5) is 12.6. The first-order valence-electron chi connectivity index (χ1n) is 9.46. The molecule has 0 spiro atoms. The minimum absolute atomic E-state index is 0.0476. The summed E-state index contributed by atoms with van der Waals surface area (Å²) < 4.78 is 73.2. The number of carbonyl (C=O) groups excluding carboxylic acids is 1. The number of ether oxygens (including phenoxy) is 2. The highest BCUT2D eigenvalue weighted by molar-refractivity contribution is 7.92. The Morgan fingerprint density at radius 1 is 0.909 bits per heavy atom. The summed E-state index contributed by atoms with van der Waals surface area (Å²) in [5, 5.41) is 2.47. The quantitative estimate of drug-likeness (QED) is 0.516. The lowest BCUT2D eigenvalue weighted by atomic mass is 10.3. The molecule has 0 heterocycles. The number of methoxy groups -OCH3 is 1. The zero-order chi connectivity index (χ0) is 24.1. The Morgan fingerprint density at radius 3 is 2.03 bits per heavy atom. The first kappa shape index (κ1) is 23.9. The van der Waals surface area contributed by atoms with Gasteiger partial charge in [0.2, 0.25) is 5.91 Å². The molecule has 1 N–H and O–H groups in total. The van der Waals surface area contributed by atoms with Gasteiger partial charge in [0.05, 0.1) is 17.7 Å². The fourth-order valence-electron chi connectivity index (χ4n) is 2.86. The molecule has 7 nitrogen and oxygen atoms in total. The van der Waals surface area contributed by atoms with Gasteiger partial charge >= 0.3 is 6.36 Å². The number of sulfonamides is 1. The molecule has 0 aliphatic heterocycles. The molecule has 3 rings (SSSR count). The predicted molar refractivity (Wildman–Crippen MR) is 116 cm³/mol. The molecule has 0 aromatic heterocycles. The van der Waals surface area contributed by atoms with Crippen LogP contribution in [0.4, 0.5) is 24.5 Å². The van der Waals surface area contributed by atoms with E-state index in [9.17, 15) is 26.4 Å². The van der Waals surface area contributed by atoms with Gasteiger partial charge in [-0.2, -0.15) is 0 Å². The van der Waals surface area contributed by atoms with Crippen molar-refractivity contribution in [2.24, 2.45) is 0 Å². The summed E-state index contributed by atoms with van der Waals surface area (Å²) in [7, 11) is -2.67. The van der Waals surface area contributed by atoms with Crippen molar-refractivity contribution in [2.75, 3.05) is 23.3 Å². The van der Waals surface area contributed by atoms with Gasteiger partial charge in [0.1, 0.15) is 18.0 Å².